The van der Waals surface area contributed by atoms with Gasteiger partial charge in [0.1, 0.15) is 24.1 Å². The monoisotopic (exact) mass is 561 g/mol. The minimum Gasteiger partial charge on any atom is -0.462 e. The van der Waals surface area contributed by atoms with Gasteiger partial charge in [0.05, 0.1) is 18.8 Å². The molecule has 0 saturated carbocycles. The maximum absolute atomic E-state index is 14.0. The van der Waals surface area contributed by atoms with Gasteiger partial charge in [0.2, 0.25) is 0 Å². The van der Waals surface area contributed by atoms with Gasteiger partial charge in [-0.2, -0.15) is 5.09 Å². The van der Waals surface area contributed by atoms with Gasteiger partial charge in [0.25, 0.3) is 5.56 Å². The molecule has 13 heteroatoms. The minimum absolute atomic E-state index is 0.0262. The van der Waals surface area contributed by atoms with Crippen LogP contribution in [0.25, 0.3) is 10.8 Å². The van der Waals surface area contributed by atoms with Crippen LogP contribution in [0.15, 0.2) is 58.3 Å². The zero-order valence-corrected chi connectivity index (χ0v) is 22.9. The number of aryl methyl sites for hydroxylation is 1. The smallest absolute Gasteiger partial charge is 0.459 e. The lowest BCUT2D eigenvalue weighted by Gasteiger charge is -2.25. The standard InChI is InChI=1S/C26H32N3O9P/c1-15(2)36-25(32)17(4)28-39(34,38-21-11-7-9-18-8-5-6-10-19(18)21)35-14-22-20(30)12-23(37-22)29-13-16(3)24(31)27-26(29)33/h5-11,13,15,17,20,22-23,30H,12,14H2,1-4H3,(H,28,34)(H,27,31,33)/t17-,20+,22+,23+,39?/m0/s1. The molecule has 3 aromatic rings. The van der Waals surface area contributed by atoms with Crippen molar-refractivity contribution in [2.24, 2.45) is 0 Å². The van der Waals surface area contributed by atoms with Crippen LogP contribution in [0, 0.1) is 6.92 Å². The molecule has 4 rings (SSSR count). The highest BCUT2D eigenvalue weighted by atomic mass is 31.2. The molecule has 0 aliphatic carbocycles. The number of esters is 1. The van der Waals surface area contributed by atoms with Crippen LogP contribution >= 0.6 is 7.75 Å². The summed E-state index contributed by atoms with van der Waals surface area (Å²) >= 11 is 0. The van der Waals surface area contributed by atoms with Crippen molar-refractivity contribution in [3.8, 4) is 5.75 Å². The molecule has 0 radical (unpaired) electrons. The number of nitrogens with one attached hydrogen (secondary N) is 2. The zero-order valence-electron chi connectivity index (χ0n) is 22.0. The second kappa shape index (κ2) is 11.8. The van der Waals surface area contributed by atoms with Gasteiger partial charge in [0.15, 0.2) is 0 Å². The lowest BCUT2D eigenvalue weighted by Crippen LogP contribution is -2.37. The van der Waals surface area contributed by atoms with Crippen molar-refractivity contribution in [2.75, 3.05) is 6.61 Å². The van der Waals surface area contributed by atoms with E-state index in [4.69, 9.17) is 18.5 Å². The molecule has 0 spiro atoms. The summed E-state index contributed by atoms with van der Waals surface area (Å²) in [6.07, 6.45) is -1.97. The van der Waals surface area contributed by atoms with Crippen molar-refractivity contribution in [1.82, 2.24) is 14.6 Å². The molecule has 39 heavy (non-hydrogen) atoms. The van der Waals surface area contributed by atoms with E-state index in [1.165, 1.54) is 17.7 Å². The summed E-state index contributed by atoms with van der Waals surface area (Å²) in [6, 6.07) is 11.5. The lowest BCUT2D eigenvalue weighted by atomic mass is 10.1. The van der Waals surface area contributed by atoms with E-state index in [-0.39, 0.29) is 18.3 Å². The number of benzene rings is 2. The van der Waals surface area contributed by atoms with E-state index >= 15 is 0 Å². The first-order valence-electron chi connectivity index (χ1n) is 12.5. The van der Waals surface area contributed by atoms with E-state index < -0.39 is 56.0 Å². The summed E-state index contributed by atoms with van der Waals surface area (Å²) < 4.78 is 37.8. The number of hydrogen-bond donors (Lipinski definition) is 3. The third kappa shape index (κ3) is 6.84. The van der Waals surface area contributed by atoms with Gasteiger partial charge >= 0.3 is 19.4 Å². The van der Waals surface area contributed by atoms with Crippen LogP contribution in [0.1, 0.15) is 39.0 Å². The average molecular weight is 562 g/mol. The Balaban J connectivity index is 1.55. The number of rotatable bonds is 10. The molecule has 0 bridgehead atoms. The Morgan fingerprint density at radius 3 is 2.67 bits per heavy atom. The molecule has 1 unspecified atom stereocenters. The zero-order chi connectivity index (χ0) is 28.3. The number of aliphatic hydroxyl groups excluding tert-OH is 1. The normalized spacial score (nSPS) is 21.5. The Morgan fingerprint density at radius 1 is 1.21 bits per heavy atom. The summed E-state index contributed by atoms with van der Waals surface area (Å²) in [5.74, 6) is -0.394. The molecular weight excluding hydrogens is 529 g/mol. The Hall–Kier alpha value is -3.28. The van der Waals surface area contributed by atoms with Crippen LogP contribution in [0.3, 0.4) is 0 Å². The van der Waals surface area contributed by atoms with Gasteiger partial charge in [-0.05, 0) is 39.1 Å². The molecule has 1 aliphatic heterocycles. The van der Waals surface area contributed by atoms with Crippen molar-refractivity contribution in [3.05, 3.63) is 75.1 Å². The number of aromatic nitrogens is 2. The molecule has 12 nitrogen and oxygen atoms in total. The van der Waals surface area contributed by atoms with E-state index in [0.717, 1.165) is 5.39 Å². The predicted octanol–water partition coefficient (Wildman–Crippen LogP) is 2.78. The number of nitrogens with zero attached hydrogens (tertiary/aromatic N) is 1. The van der Waals surface area contributed by atoms with E-state index in [2.05, 4.69) is 10.1 Å². The first-order valence-corrected chi connectivity index (χ1v) is 14.1. The molecule has 5 atom stereocenters. The maximum atomic E-state index is 14.0. The Labute approximate surface area is 224 Å². The topological polar surface area (TPSA) is 158 Å². The molecule has 1 aliphatic rings. The Bertz CT molecular complexity index is 1500. The second-order valence-electron chi connectivity index (χ2n) is 9.61. The minimum atomic E-state index is -4.25. The summed E-state index contributed by atoms with van der Waals surface area (Å²) in [4.78, 5) is 38.6. The van der Waals surface area contributed by atoms with Gasteiger partial charge in [-0.15, -0.1) is 0 Å². The summed E-state index contributed by atoms with van der Waals surface area (Å²) in [6.45, 7) is 6.00. The average Bonchev–Trinajstić information content (AvgIpc) is 3.25. The van der Waals surface area contributed by atoms with Crippen molar-refractivity contribution in [2.45, 2.75) is 64.7 Å². The van der Waals surface area contributed by atoms with Crippen molar-refractivity contribution in [1.29, 1.82) is 0 Å². The van der Waals surface area contributed by atoms with Gasteiger partial charge in [-0.1, -0.05) is 36.4 Å². The van der Waals surface area contributed by atoms with Crippen LogP contribution in [-0.4, -0.2) is 51.6 Å². The highest BCUT2D eigenvalue weighted by Gasteiger charge is 2.39. The highest BCUT2D eigenvalue weighted by Crippen LogP contribution is 2.47. The Morgan fingerprint density at radius 2 is 1.92 bits per heavy atom. The number of carbonyl (C=O) groups excluding carboxylic acids is 1. The molecule has 1 fully saturated rings. The van der Waals surface area contributed by atoms with Crippen LogP contribution in [-0.2, 0) is 23.4 Å². The number of H-pyrrole nitrogens is 1. The van der Waals surface area contributed by atoms with Crippen LogP contribution in [0.2, 0.25) is 0 Å². The fourth-order valence-electron chi connectivity index (χ4n) is 4.13. The maximum Gasteiger partial charge on any atom is 0.459 e. The molecule has 2 aromatic carbocycles. The molecule has 1 aromatic heterocycles. The first kappa shape index (κ1) is 28.7. The first-order chi connectivity index (χ1) is 18.5. The van der Waals surface area contributed by atoms with Gasteiger partial charge < -0.3 is 19.1 Å². The predicted molar refractivity (Wildman–Crippen MR) is 143 cm³/mol. The summed E-state index contributed by atoms with van der Waals surface area (Å²) in [5, 5.41) is 14.8. The number of aromatic amines is 1. The number of fused-ring (bicyclic) bond motifs is 1. The van der Waals surface area contributed by atoms with Gasteiger partial charge in [-0.25, -0.2) is 9.36 Å². The quantitative estimate of drug-likeness (QED) is 0.248. The molecule has 2 heterocycles. The largest absolute Gasteiger partial charge is 0.462 e. The van der Waals surface area contributed by atoms with Crippen LogP contribution < -0.4 is 20.9 Å². The van der Waals surface area contributed by atoms with E-state index in [0.29, 0.717) is 10.9 Å². The van der Waals surface area contributed by atoms with Crippen LogP contribution in [0.5, 0.6) is 5.75 Å². The number of ether oxygens (including phenoxy) is 2. The molecular formula is C26H32N3O9P. The number of hydrogen-bond acceptors (Lipinski definition) is 9. The molecule has 0 amide bonds. The van der Waals surface area contributed by atoms with Crippen molar-refractivity contribution in [3.63, 3.8) is 0 Å². The third-order valence-electron chi connectivity index (χ3n) is 6.09. The summed E-state index contributed by atoms with van der Waals surface area (Å²) in [5.41, 5.74) is -0.905. The molecule has 1 saturated heterocycles. The SMILES string of the molecule is Cc1cn([C@H]2C[C@@H](O)[C@@H](COP(=O)(N[C@@H](C)C(=O)OC(C)C)Oc3cccc4ccccc34)O2)c(=O)[nH]c1=O. The number of aliphatic hydroxyl groups is 1. The van der Waals surface area contributed by atoms with Gasteiger partial charge in [0, 0.05) is 23.6 Å². The molecule has 210 valence electrons. The highest BCUT2D eigenvalue weighted by molar-refractivity contribution is 7.52. The van der Waals surface area contributed by atoms with Crippen molar-refractivity contribution >= 4 is 24.5 Å². The van der Waals surface area contributed by atoms with Crippen molar-refractivity contribution < 1.29 is 33.0 Å². The fraction of sp³-hybridized carbons (Fsp3) is 0.423. The molecule has 3 N–H and O–H groups in total. The number of carbonyl (C=O) groups is 1. The van der Waals surface area contributed by atoms with E-state index in [1.54, 1.807) is 45.0 Å². The second-order valence-corrected chi connectivity index (χ2v) is 11.3. The van der Waals surface area contributed by atoms with Gasteiger partial charge in [-0.3, -0.25) is 23.7 Å². The van der Waals surface area contributed by atoms with E-state index in [9.17, 15) is 24.1 Å². The lowest BCUT2D eigenvalue weighted by molar-refractivity contribution is -0.149. The van der Waals surface area contributed by atoms with Crippen LogP contribution in [0.4, 0.5) is 0 Å². The summed E-state index contributed by atoms with van der Waals surface area (Å²) in [7, 11) is -4.25. The Kier molecular flexibility index (Phi) is 8.73. The fourth-order valence-corrected chi connectivity index (χ4v) is 5.65. The van der Waals surface area contributed by atoms with E-state index in [1.807, 2.05) is 18.2 Å². The third-order valence-corrected chi connectivity index (χ3v) is 7.72.